The third-order valence-electron chi connectivity index (χ3n) is 2.31. The molecule has 1 saturated heterocycles. The average molecular weight is 268 g/mol. The van der Waals surface area contributed by atoms with Crippen molar-refractivity contribution >= 4 is 29.6 Å². The highest BCUT2D eigenvalue weighted by Gasteiger charge is 2.40. The van der Waals surface area contributed by atoms with E-state index in [1.165, 1.54) is 0 Å². The summed E-state index contributed by atoms with van der Waals surface area (Å²) in [7, 11) is 0. The molecule has 2 rings (SSSR count). The Labute approximate surface area is 108 Å². The first-order chi connectivity index (χ1) is 8.88. The number of hydrogen-bond donors (Lipinski definition) is 1. The molecule has 2 aliphatic heterocycles. The molecule has 8 heteroatoms. The van der Waals surface area contributed by atoms with Crippen LogP contribution in [-0.2, 0) is 24.0 Å². The smallest absolute Gasteiger partial charge is 0.303 e. The van der Waals surface area contributed by atoms with E-state index in [1.54, 1.807) is 6.92 Å². The summed E-state index contributed by atoms with van der Waals surface area (Å²) >= 11 is 0. The molecular weight excluding hydrogens is 256 g/mol. The first kappa shape index (κ1) is 14.6. The Hall–Kier alpha value is -2.51. The number of carboxylic acids is 1. The maximum Gasteiger partial charge on any atom is 0.303 e. The standard InChI is InChI=1S/C8H6N2O4.C3H6O2/c11-5-1-2-6(12)9(5)10-7(13)3-4-8(10)14;1-2-3(4)5/h1-2H,3-4H2;2H2,1H3,(H,4,5). The van der Waals surface area contributed by atoms with Gasteiger partial charge in [-0.2, -0.15) is 10.0 Å². The molecule has 8 nitrogen and oxygen atoms in total. The minimum atomic E-state index is -0.745. The van der Waals surface area contributed by atoms with Crippen molar-refractivity contribution in [3.05, 3.63) is 12.2 Å². The third kappa shape index (κ3) is 3.24. The van der Waals surface area contributed by atoms with Crippen molar-refractivity contribution in [2.45, 2.75) is 26.2 Å². The first-order valence-corrected chi connectivity index (χ1v) is 5.52. The number of carboxylic acid groups (broad SMARTS) is 1. The maximum atomic E-state index is 11.2. The van der Waals surface area contributed by atoms with Crippen molar-refractivity contribution in [3.63, 3.8) is 0 Å². The summed E-state index contributed by atoms with van der Waals surface area (Å²) in [5, 5.41) is 8.91. The zero-order valence-electron chi connectivity index (χ0n) is 10.2. The van der Waals surface area contributed by atoms with Crippen molar-refractivity contribution in [2.75, 3.05) is 0 Å². The lowest BCUT2D eigenvalue weighted by Crippen LogP contribution is -2.49. The molecule has 0 bridgehead atoms. The molecule has 0 unspecified atom stereocenters. The van der Waals surface area contributed by atoms with E-state index < -0.39 is 29.6 Å². The van der Waals surface area contributed by atoms with E-state index in [2.05, 4.69) is 0 Å². The summed E-state index contributed by atoms with van der Waals surface area (Å²) in [5.41, 5.74) is 0. The van der Waals surface area contributed by atoms with E-state index in [-0.39, 0.29) is 19.3 Å². The van der Waals surface area contributed by atoms with Gasteiger partial charge in [-0.15, -0.1) is 0 Å². The number of carbonyl (C=O) groups excluding carboxylic acids is 4. The Kier molecular flexibility index (Phi) is 4.51. The van der Waals surface area contributed by atoms with Crippen LogP contribution in [0.4, 0.5) is 0 Å². The second-order valence-corrected chi connectivity index (χ2v) is 3.67. The Morgan fingerprint density at radius 2 is 1.42 bits per heavy atom. The lowest BCUT2D eigenvalue weighted by molar-refractivity contribution is -0.170. The van der Waals surface area contributed by atoms with Crippen molar-refractivity contribution in [2.24, 2.45) is 0 Å². The molecule has 0 aromatic carbocycles. The topological polar surface area (TPSA) is 112 Å². The number of rotatable bonds is 2. The Morgan fingerprint density at radius 3 is 1.74 bits per heavy atom. The highest BCUT2D eigenvalue weighted by molar-refractivity contribution is 6.16. The zero-order valence-corrected chi connectivity index (χ0v) is 10.2. The van der Waals surface area contributed by atoms with Gasteiger partial charge in [-0.3, -0.25) is 24.0 Å². The fourth-order valence-electron chi connectivity index (χ4n) is 1.38. The third-order valence-corrected chi connectivity index (χ3v) is 2.31. The van der Waals surface area contributed by atoms with Crippen molar-refractivity contribution < 1.29 is 29.1 Å². The van der Waals surface area contributed by atoms with E-state index >= 15 is 0 Å². The molecule has 0 aromatic heterocycles. The highest BCUT2D eigenvalue weighted by atomic mass is 16.4. The lowest BCUT2D eigenvalue weighted by Gasteiger charge is -2.22. The van der Waals surface area contributed by atoms with Gasteiger partial charge in [-0.05, 0) is 0 Å². The van der Waals surface area contributed by atoms with Crippen molar-refractivity contribution in [1.82, 2.24) is 10.0 Å². The van der Waals surface area contributed by atoms with E-state index in [0.717, 1.165) is 12.2 Å². The molecule has 2 heterocycles. The van der Waals surface area contributed by atoms with Gasteiger partial charge in [0.2, 0.25) is 11.8 Å². The number of hydrogen-bond acceptors (Lipinski definition) is 5. The van der Waals surface area contributed by atoms with E-state index in [4.69, 9.17) is 5.11 Å². The van der Waals surface area contributed by atoms with Crippen molar-refractivity contribution in [3.8, 4) is 0 Å². The SMILES string of the molecule is CCC(=O)O.O=C1C=CC(=O)N1N1C(=O)CCC1=O. The summed E-state index contributed by atoms with van der Waals surface area (Å²) < 4.78 is 0. The van der Waals surface area contributed by atoms with Gasteiger partial charge in [-0.1, -0.05) is 6.92 Å². The van der Waals surface area contributed by atoms with Crippen LogP contribution in [0.15, 0.2) is 12.2 Å². The molecule has 0 radical (unpaired) electrons. The fourth-order valence-corrected chi connectivity index (χ4v) is 1.38. The normalized spacial score (nSPS) is 17.9. The predicted octanol–water partition coefficient (Wildman–Crippen LogP) is -0.544. The average Bonchev–Trinajstić information content (AvgIpc) is 2.84. The van der Waals surface area contributed by atoms with Gasteiger partial charge in [0.25, 0.3) is 11.8 Å². The minimum absolute atomic E-state index is 0.0515. The number of hydrazine groups is 1. The molecule has 1 fully saturated rings. The second kappa shape index (κ2) is 5.89. The van der Waals surface area contributed by atoms with Gasteiger partial charge in [-0.25, -0.2) is 0 Å². The number of amides is 4. The summed E-state index contributed by atoms with van der Waals surface area (Å²) in [6.45, 7) is 1.60. The van der Waals surface area contributed by atoms with Crippen LogP contribution >= 0.6 is 0 Å². The van der Waals surface area contributed by atoms with Crippen molar-refractivity contribution in [1.29, 1.82) is 0 Å². The molecule has 0 spiro atoms. The minimum Gasteiger partial charge on any atom is -0.481 e. The number of carbonyl (C=O) groups is 5. The highest BCUT2D eigenvalue weighted by Crippen LogP contribution is 2.18. The quantitative estimate of drug-likeness (QED) is 0.673. The van der Waals surface area contributed by atoms with Gasteiger partial charge >= 0.3 is 5.97 Å². The van der Waals surface area contributed by atoms with Gasteiger partial charge in [0.05, 0.1) is 0 Å². The Balaban J connectivity index is 0.000000312. The zero-order chi connectivity index (χ0) is 14.6. The van der Waals surface area contributed by atoms with E-state index in [1.807, 2.05) is 0 Å². The van der Waals surface area contributed by atoms with Gasteiger partial charge < -0.3 is 5.11 Å². The lowest BCUT2D eigenvalue weighted by atomic mass is 10.4. The molecule has 0 atom stereocenters. The summed E-state index contributed by atoms with van der Waals surface area (Å²) in [4.78, 5) is 54.0. The predicted molar refractivity (Wildman–Crippen MR) is 60.0 cm³/mol. The van der Waals surface area contributed by atoms with Crippen LogP contribution in [0, 0.1) is 0 Å². The van der Waals surface area contributed by atoms with Gasteiger partial charge in [0.15, 0.2) is 0 Å². The van der Waals surface area contributed by atoms with E-state index in [0.29, 0.717) is 10.0 Å². The summed E-state index contributed by atoms with van der Waals surface area (Å²) in [6, 6.07) is 0. The van der Waals surface area contributed by atoms with Crippen LogP contribution in [0.5, 0.6) is 0 Å². The van der Waals surface area contributed by atoms with Gasteiger partial charge in [0.1, 0.15) is 0 Å². The second-order valence-electron chi connectivity index (χ2n) is 3.67. The van der Waals surface area contributed by atoms with E-state index in [9.17, 15) is 24.0 Å². The molecular formula is C11H12N2O6. The largest absolute Gasteiger partial charge is 0.481 e. The first-order valence-electron chi connectivity index (χ1n) is 5.52. The van der Waals surface area contributed by atoms with Crippen LogP contribution in [-0.4, -0.2) is 44.7 Å². The molecule has 4 amide bonds. The molecule has 19 heavy (non-hydrogen) atoms. The summed E-state index contributed by atoms with van der Waals surface area (Å²) in [6.07, 6.45) is 2.38. The number of nitrogens with zero attached hydrogens (tertiary/aromatic N) is 2. The molecule has 102 valence electrons. The van der Waals surface area contributed by atoms with Gasteiger partial charge in [0, 0.05) is 31.4 Å². The number of imide groups is 2. The van der Waals surface area contributed by atoms with Crippen LogP contribution in [0.3, 0.4) is 0 Å². The van der Waals surface area contributed by atoms with Crippen LogP contribution in [0.2, 0.25) is 0 Å². The summed E-state index contributed by atoms with van der Waals surface area (Å²) in [5.74, 6) is -3.08. The molecule has 0 aromatic rings. The van der Waals surface area contributed by atoms with Crippen LogP contribution < -0.4 is 0 Å². The molecule has 0 saturated carbocycles. The molecule has 1 N–H and O–H groups in total. The van der Waals surface area contributed by atoms with Crippen LogP contribution in [0.1, 0.15) is 26.2 Å². The van der Waals surface area contributed by atoms with Crippen LogP contribution in [0.25, 0.3) is 0 Å². The Morgan fingerprint density at radius 1 is 1.05 bits per heavy atom. The molecule has 0 aliphatic carbocycles. The monoisotopic (exact) mass is 268 g/mol. The molecule has 2 aliphatic rings. The fraction of sp³-hybridized carbons (Fsp3) is 0.364. The maximum absolute atomic E-state index is 11.2. The Bertz CT molecular complexity index is 448. The number of aliphatic carboxylic acids is 1.